The number of para-hydroxylation sites is 1. The van der Waals surface area contributed by atoms with E-state index in [0.29, 0.717) is 22.1 Å². The van der Waals surface area contributed by atoms with Gasteiger partial charge in [-0.15, -0.1) is 0 Å². The number of nitrogens with two attached hydrogens (primary N) is 1. The van der Waals surface area contributed by atoms with Crippen molar-refractivity contribution in [2.75, 3.05) is 17.7 Å². The molecule has 0 saturated carbocycles. The average molecular weight is 305 g/mol. The first kappa shape index (κ1) is 15.2. The summed E-state index contributed by atoms with van der Waals surface area (Å²) in [6, 6.07) is 10.8. The van der Waals surface area contributed by atoms with Crippen LogP contribution < -0.4 is 15.8 Å². The maximum absolute atomic E-state index is 11.9. The molecule has 0 spiro atoms. The van der Waals surface area contributed by atoms with E-state index in [4.69, 9.17) is 22.1 Å². The molecule has 0 atom stereocenters. The highest BCUT2D eigenvalue weighted by Gasteiger charge is 2.10. The molecule has 110 valence electrons. The van der Waals surface area contributed by atoms with Gasteiger partial charge in [0.2, 0.25) is 0 Å². The zero-order valence-electron chi connectivity index (χ0n) is 11.9. The van der Waals surface area contributed by atoms with E-state index in [1.807, 2.05) is 32.0 Å². The third-order valence-corrected chi connectivity index (χ3v) is 3.54. The normalized spacial score (nSPS) is 10.2. The van der Waals surface area contributed by atoms with Gasteiger partial charge in [-0.1, -0.05) is 29.8 Å². The van der Waals surface area contributed by atoms with Crippen LogP contribution in [0.2, 0.25) is 5.02 Å². The van der Waals surface area contributed by atoms with Gasteiger partial charge in [0.05, 0.1) is 16.4 Å². The lowest BCUT2D eigenvalue weighted by Gasteiger charge is -2.12. The molecule has 0 saturated heterocycles. The van der Waals surface area contributed by atoms with Crippen LogP contribution in [0, 0.1) is 13.8 Å². The van der Waals surface area contributed by atoms with Crippen molar-refractivity contribution in [2.24, 2.45) is 0 Å². The number of rotatable bonds is 4. The lowest BCUT2D eigenvalue weighted by molar-refractivity contribution is -0.118. The Morgan fingerprint density at radius 3 is 2.67 bits per heavy atom. The van der Waals surface area contributed by atoms with Crippen LogP contribution in [0.1, 0.15) is 11.1 Å². The van der Waals surface area contributed by atoms with Crippen LogP contribution >= 0.6 is 11.6 Å². The fourth-order valence-electron chi connectivity index (χ4n) is 1.87. The molecule has 2 rings (SSSR count). The van der Waals surface area contributed by atoms with Gasteiger partial charge in [-0.25, -0.2) is 0 Å². The molecule has 5 heteroatoms. The largest absolute Gasteiger partial charge is 0.483 e. The van der Waals surface area contributed by atoms with Crippen molar-refractivity contribution in [3.8, 4) is 5.75 Å². The summed E-state index contributed by atoms with van der Waals surface area (Å²) in [5, 5.41) is 3.06. The molecule has 0 bridgehead atoms. The molecule has 21 heavy (non-hydrogen) atoms. The molecule has 0 aliphatic rings. The van der Waals surface area contributed by atoms with Crippen LogP contribution in [0.3, 0.4) is 0 Å². The number of amides is 1. The highest BCUT2D eigenvalue weighted by atomic mass is 35.5. The highest BCUT2D eigenvalue weighted by Crippen LogP contribution is 2.27. The second-order valence-electron chi connectivity index (χ2n) is 4.74. The molecule has 0 aliphatic heterocycles. The minimum Gasteiger partial charge on any atom is -0.483 e. The molecule has 0 fully saturated rings. The summed E-state index contributed by atoms with van der Waals surface area (Å²) in [4.78, 5) is 11.9. The van der Waals surface area contributed by atoms with Gasteiger partial charge in [0.1, 0.15) is 5.75 Å². The molecule has 0 heterocycles. The maximum atomic E-state index is 11.9. The second-order valence-corrected chi connectivity index (χ2v) is 5.15. The predicted molar refractivity (Wildman–Crippen MR) is 85.9 cm³/mol. The summed E-state index contributed by atoms with van der Waals surface area (Å²) < 4.78 is 5.54. The molecule has 2 aromatic rings. The average Bonchev–Trinajstić information content (AvgIpc) is 2.45. The van der Waals surface area contributed by atoms with E-state index in [2.05, 4.69) is 5.32 Å². The smallest absolute Gasteiger partial charge is 0.262 e. The maximum Gasteiger partial charge on any atom is 0.262 e. The van der Waals surface area contributed by atoms with Crippen LogP contribution in [0.4, 0.5) is 11.4 Å². The number of nitrogens with one attached hydrogen (secondary N) is 1. The van der Waals surface area contributed by atoms with Crippen LogP contribution in [0.15, 0.2) is 36.4 Å². The number of nitrogen functional groups attached to an aromatic ring is 1. The first-order valence-corrected chi connectivity index (χ1v) is 6.89. The standard InChI is InChI=1S/C16H17ClN2O2/c1-10-5-3-8-14(11(10)2)21-9-15(20)19-16-12(17)6-4-7-13(16)18/h3-8H,9,18H2,1-2H3,(H,19,20). The van der Waals surface area contributed by atoms with Gasteiger partial charge in [-0.2, -0.15) is 0 Å². The van der Waals surface area contributed by atoms with E-state index in [9.17, 15) is 4.79 Å². The van der Waals surface area contributed by atoms with Crippen molar-refractivity contribution >= 4 is 28.9 Å². The molecule has 0 radical (unpaired) electrons. The number of ether oxygens (including phenoxy) is 1. The number of carbonyl (C=O) groups excluding carboxylic acids is 1. The Balaban J connectivity index is 2.01. The van der Waals surface area contributed by atoms with Crippen molar-refractivity contribution in [2.45, 2.75) is 13.8 Å². The van der Waals surface area contributed by atoms with Crippen LogP contribution in [0.25, 0.3) is 0 Å². The number of hydrogen-bond donors (Lipinski definition) is 2. The van der Waals surface area contributed by atoms with Gasteiger partial charge in [-0.3, -0.25) is 4.79 Å². The Bertz CT molecular complexity index is 651. The van der Waals surface area contributed by atoms with E-state index < -0.39 is 0 Å². The number of aryl methyl sites for hydroxylation is 1. The summed E-state index contributed by atoms with van der Waals surface area (Å²) in [5.74, 6) is 0.382. The molecule has 1 amide bonds. The van der Waals surface area contributed by atoms with Gasteiger partial charge < -0.3 is 15.8 Å². The Morgan fingerprint density at radius 2 is 1.95 bits per heavy atom. The molecular weight excluding hydrogens is 288 g/mol. The minimum absolute atomic E-state index is 0.102. The van der Waals surface area contributed by atoms with Crippen molar-refractivity contribution < 1.29 is 9.53 Å². The fraction of sp³-hybridized carbons (Fsp3) is 0.188. The second kappa shape index (κ2) is 6.50. The van der Waals surface area contributed by atoms with E-state index in [1.165, 1.54) is 0 Å². The van der Waals surface area contributed by atoms with Crippen molar-refractivity contribution in [3.05, 3.63) is 52.5 Å². The van der Waals surface area contributed by atoms with Gasteiger partial charge in [-0.05, 0) is 43.2 Å². The topological polar surface area (TPSA) is 64.3 Å². The van der Waals surface area contributed by atoms with E-state index >= 15 is 0 Å². The quantitative estimate of drug-likeness (QED) is 0.849. The van der Waals surface area contributed by atoms with Crippen LogP contribution in [0.5, 0.6) is 5.75 Å². The lowest BCUT2D eigenvalue weighted by Crippen LogP contribution is -2.21. The SMILES string of the molecule is Cc1cccc(OCC(=O)Nc2c(N)cccc2Cl)c1C. The monoisotopic (exact) mass is 304 g/mol. The number of carbonyl (C=O) groups is 1. The van der Waals surface area contributed by atoms with Crippen molar-refractivity contribution in [1.82, 2.24) is 0 Å². The molecule has 4 nitrogen and oxygen atoms in total. The van der Waals surface area contributed by atoms with Crippen LogP contribution in [-0.4, -0.2) is 12.5 Å². The van der Waals surface area contributed by atoms with E-state index in [1.54, 1.807) is 18.2 Å². The molecular formula is C16H17ClN2O2. The molecule has 3 N–H and O–H groups in total. The Hall–Kier alpha value is -2.20. The Labute approximate surface area is 128 Å². The number of benzene rings is 2. The summed E-state index contributed by atoms with van der Waals surface area (Å²) >= 11 is 6.00. The van der Waals surface area contributed by atoms with Crippen molar-refractivity contribution in [3.63, 3.8) is 0 Å². The minimum atomic E-state index is -0.310. The summed E-state index contributed by atoms with van der Waals surface area (Å²) in [7, 11) is 0. The third kappa shape index (κ3) is 3.67. The number of anilines is 2. The van der Waals surface area contributed by atoms with Gasteiger partial charge in [0.25, 0.3) is 5.91 Å². The van der Waals surface area contributed by atoms with Gasteiger partial charge in [0.15, 0.2) is 6.61 Å². The van der Waals surface area contributed by atoms with Crippen molar-refractivity contribution in [1.29, 1.82) is 0 Å². The molecule has 0 aromatic heterocycles. The molecule has 2 aromatic carbocycles. The number of hydrogen-bond acceptors (Lipinski definition) is 3. The lowest BCUT2D eigenvalue weighted by atomic mass is 10.1. The summed E-state index contributed by atoms with van der Waals surface area (Å²) in [5.41, 5.74) is 8.74. The summed E-state index contributed by atoms with van der Waals surface area (Å²) in [6.07, 6.45) is 0. The van der Waals surface area contributed by atoms with Crippen LogP contribution in [-0.2, 0) is 4.79 Å². The zero-order chi connectivity index (χ0) is 15.4. The van der Waals surface area contributed by atoms with E-state index in [0.717, 1.165) is 11.1 Å². The highest BCUT2D eigenvalue weighted by molar-refractivity contribution is 6.34. The third-order valence-electron chi connectivity index (χ3n) is 3.22. The Kier molecular flexibility index (Phi) is 4.70. The van der Waals surface area contributed by atoms with Gasteiger partial charge >= 0.3 is 0 Å². The fourth-order valence-corrected chi connectivity index (χ4v) is 2.10. The Morgan fingerprint density at radius 1 is 1.24 bits per heavy atom. The number of halogens is 1. The van der Waals surface area contributed by atoms with E-state index in [-0.39, 0.29) is 12.5 Å². The summed E-state index contributed by atoms with van der Waals surface area (Å²) in [6.45, 7) is 3.84. The predicted octanol–water partition coefficient (Wildman–Crippen LogP) is 3.56. The zero-order valence-corrected chi connectivity index (χ0v) is 12.7. The van der Waals surface area contributed by atoms with Gasteiger partial charge in [0, 0.05) is 0 Å². The first-order valence-electron chi connectivity index (χ1n) is 6.52. The molecule has 0 aliphatic carbocycles. The first-order chi connectivity index (χ1) is 9.99. The molecule has 0 unspecified atom stereocenters.